The Kier molecular flexibility index (Phi) is 3.76. The number of ether oxygens (including phenoxy) is 1. The van der Waals surface area contributed by atoms with Gasteiger partial charge in [0.15, 0.2) is 0 Å². The number of carbonyl (C=O) groups is 2. The number of esters is 2. The Balaban J connectivity index is 1.94. The molecule has 0 unspecified atom stereocenters. The van der Waals surface area contributed by atoms with Crippen LogP contribution in [-0.4, -0.2) is 21.9 Å². The molecule has 0 spiro atoms. The molecule has 0 saturated heterocycles. The lowest BCUT2D eigenvalue weighted by Crippen LogP contribution is -2.14. The molecule has 2 rings (SSSR count). The first-order valence-corrected chi connectivity index (χ1v) is 5.29. The van der Waals surface area contributed by atoms with Gasteiger partial charge in [0.05, 0.1) is 12.0 Å². The Bertz CT molecular complexity index is 541. The highest BCUT2D eigenvalue weighted by Gasteiger charge is 2.12. The number of hydrogen-bond donors (Lipinski definition) is 0. The van der Waals surface area contributed by atoms with Gasteiger partial charge in [0, 0.05) is 24.8 Å². The summed E-state index contributed by atoms with van der Waals surface area (Å²) in [5, 5.41) is 0. The zero-order valence-electron chi connectivity index (χ0n) is 9.45. The van der Waals surface area contributed by atoms with Crippen LogP contribution in [-0.2, 0) is 16.0 Å². The molecule has 0 saturated carbocycles. The van der Waals surface area contributed by atoms with E-state index in [1.54, 1.807) is 24.5 Å². The number of nitrogens with zero attached hydrogens (tertiary/aromatic N) is 2. The first kappa shape index (κ1) is 11.9. The van der Waals surface area contributed by atoms with Gasteiger partial charge in [-0.15, -0.1) is 0 Å². The van der Waals surface area contributed by atoms with Gasteiger partial charge in [-0.05, 0) is 29.8 Å². The Hall–Kier alpha value is -2.56. The number of hydrogen-bond acceptors (Lipinski definition) is 5. The van der Waals surface area contributed by atoms with E-state index in [4.69, 9.17) is 4.74 Å². The third-order valence-electron chi connectivity index (χ3n) is 2.22. The highest BCUT2D eigenvalue weighted by Crippen LogP contribution is 2.03. The van der Waals surface area contributed by atoms with Crippen molar-refractivity contribution in [2.24, 2.45) is 0 Å². The van der Waals surface area contributed by atoms with Gasteiger partial charge in [0.25, 0.3) is 0 Å². The van der Waals surface area contributed by atoms with E-state index >= 15 is 0 Å². The van der Waals surface area contributed by atoms with Crippen molar-refractivity contribution in [3.05, 3.63) is 60.2 Å². The Morgan fingerprint density at radius 1 is 0.944 bits per heavy atom. The molecule has 90 valence electrons. The number of pyridine rings is 2. The van der Waals surface area contributed by atoms with Gasteiger partial charge < -0.3 is 4.74 Å². The SMILES string of the molecule is O=C(Cc1ccncc1)OC(=O)c1ccncc1. The van der Waals surface area contributed by atoms with Gasteiger partial charge in [-0.2, -0.15) is 0 Å². The summed E-state index contributed by atoms with van der Waals surface area (Å²) in [4.78, 5) is 30.7. The van der Waals surface area contributed by atoms with Crippen molar-refractivity contribution in [3.63, 3.8) is 0 Å². The molecule has 0 aliphatic rings. The van der Waals surface area contributed by atoms with Crippen LogP contribution in [0.1, 0.15) is 15.9 Å². The van der Waals surface area contributed by atoms with E-state index in [-0.39, 0.29) is 6.42 Å². The largest absolute Gasteiger partial charge is 0.389 e. The van der Waals surface area contributed by atoms with E-state index in [0.29, 0.717) is 5.56 Å². The second kappa shape index (κ2) is 5.67. The van der Waals surface area contributed by atoms with Crippen LogP contribution in [0, 0.1) is 0 Å². The Morgan fingerprint density at radius 2 is 1.50 bits per heavy atom. The number of carbonyl (C=O) groups excluding carboxylic acids is 2. The molecule has 0 radical (unpaired) electrons. The van der Waals surface area contributed by atoms with Gasteiger partial charge in [-0.1, -0.05) is 0 Å². The van der Waals surface area contributed by atoms with Crippen LogP contribution in [0.5, 0.6) is 0 Å². The average Bonchev–Trinajstić information content (AvgIpc) is 2.40. The van der Waals surface area contributed by atoms with Crippen molar-refractivity contribution in [1.82, 2.24) is 9.97 Å². The lowest BCUT2D eigenvalue weighted by Gasteiger charge is -2.02. The van der Waals surface area contributed by atoms with Crippen LogP contribution in [0.3, 0.4) is 0 Å². The molecule has 2 aromatic heterocycles. The lowest BCUT2D eigenvalue weighted by atomic mass is 10.2. The smallest absolute Gasteiger partial charge is 0.345 e. The van der Waals surface area contributed by atoms with Crippen molar-refractivity contribution in [1.29, 1.82) is 0 Å². The summed E-state index contributed by atoms with van der Waals surface area (Å²) in [6, 6.07) is 6.36. The maximum atomic E-state index is 11.6. The molecule has 2 heterocycles. The summed E-state index contributed by atoms with van der Waals surface area (Å²) in [7, 11) is 0. The van der Waals surface area contributed by atoms with E-state index in [2.05, 4.69) is 9.97 Å². The summed E-state index contributed by atoms with van der Waals surface area (Å²) >= 11 is 0. The Labute approximate surface area is 103 Å². The predicted octanol–water partition coefficient (Wildman–Crippen LogP) is 1.40. The monoisotopic (exact) mass is 242 g/mol. The molecule has 5 nitrogen and oxygen atoms in total. The first-order valence-electron chi connectivity index (χ1n) is 5.29. The second-order valence-electron chi connectivity index (χ2n) is 3.53. The third-order valence-corrected chi connectivity index (χ3v) is 2.22. The van der Waals surface area contributed by atoms with Crippen LogP contribution < -0.4 is 0 Å². The van der Waals surface area contributed by atoms with Gasteiger partial charge >= 0.3 is 11.9 Å². The molecule has 0 aliphatic carbocycles. The molecule has 0 bridgehead atoms. The van der Waals surface area contributed by atoms with E-state index in [1.165, 1.54) is 24.5 Å². The summed E-state index contributed by atoms with van der Waals surface area (Å²) < 4.78 is 4.71. The van der Waals surface area contributed by atoms with Crippen LogP contribution in [0.2, 0.25) is 0 Å². The zero-order valence-corrected chi connectivity index (χ0v) is 9.45. The van der Waals surface area contributed by atoms with Crippen molar-refractivity contribution < 1.29 is 14.3 Å². The van der Waals surface area contributed by atoms with Gasteiger partial charge in [0.1, 0.15) is 0 Å². The number of aromatic nitrogens is 2. The minimum atomic E-state index is -0.670. The third kappa shape index (κ3) is 3.21. The van der Waals surface area contributed by atoms with Crippen LogP contribution in [0.15, 0.2) is 49.1 Å². The van der Waals surface area contributed by atoms with Gasteiger partial charge in [-0.3, -0.25) is 14.8 Å². The molecule has 0 aromatic carbocycles. The highest BCUT2D eigenvalue weighted by molar-refractivity contribution is 5.97. The summed E-state index contributed by atoms with van der Waals surface area (Å²) in [6.45, 7) is 0. The minimum Gasteiger partial charge on any atom is -0.389 e. The molecule has 0 amide bonds. The highest BCUT2D eigenvalue weighted by atomic mass is 16.6. The predicted molar refractivity (Wildman–Crippen MR) is 62.6 cm³/mol. The fraction of sp³-hybridized carbons (Fsp3) is 0.0769. The molecule has 5 heteroatoms. The molecule has 18 heavy (non-hydrogen) atoms. The van der Waals surface area contributed by atoms with Gasteiger partial charge in [0.2, 0.25) is 0 Å². The number of rotatable bonds is 3. The molecular weight excluding hydrogens is 232 g/mol. The van der Waals surface area contributed by atoms with E-state index in [9.17, 15) is 9.59 Å². The lowest BCUT2D eigenvalue weighted by molar-refractivity contribution is -0.137. The molecule has 0 N–H and O–H groups in total. The molecule has 0 aliphatic heterocycles. The minimum absolute atomic E-state index is 0.0410. The average molecular weight is 242 g/mol. The van der Waals surface area contributed by atoms with Crippen LogP contribution in [0.25, 0.3) is 0 Å². The van der Waals surface area contributed by atoms with E-state index in [1.807, 2.05) is 0 Å². The maximum absolute atomic E-state index is 11.6. The maximum Gasteiger partial charge on any atom is 0.345 e. The van der Waals surface area contributed by atoms with Gasteiger partial charge in [-0.25, -0.2) is 4.79 Å². The summed E-state index contributed by atoms with van der Waals surface area (Å²) in [6.07, 6.45) is 6.12. The summed E-state index contributed by atoms with van der Waals surface area (Å²) in [5.41, 5.74) is 1.05. The first-order chi connectivity index (χ1) is 8.75. The summed E-state index contributed by atoms with van der Waals surface area (Å²) in [5.74, 6) is -1.26. The van der Waals surface area contributed by atoms with Crippen molar-refractivity contribution in [2.75, 3.05) is 0 Å². The molecule has 0 atom stereocenters. The molecular formula is C13H10N2O3. The standard InChI is InChI=1S/C13H10N2O3/c16-12(9-10-1-5-14-6-2-10)18-13(17)11-3-7-15-8-4-11/h1-8H,9H2. The van der Waals surface area contributed by atoms with Crippen molar-refractivity contribution >= 4 is 11.9 Å². The topological polar surface area (TPSA) is 69.2 Å². The van der Waals surface area contributed by atoms with Crippen LogP contribution >= 0.6 is 0 Å². The van der Waals surface area contributed by atoms with Crippen LogP contribution in [0.4, 0.5) is 0 Å². The fourth-order valence-electron chi connectivity index (χ4n) is 1.35. The van der Waals surface area contributed by atoms with E-state index in [0.717, 1.165) is 5.56 Å². The second-order valence-corrected chi connectivity index (χ2v) is 3.53. The zero-order chi connectivity index (χ0) is 12.8. The van der Waals surface area contributed by atoms with E-state index < -0.39 is 11.9 Å². The van der Waals surface area contributed by atoms with Crippen molar-refractivity contribution in [3.8, 4) is 0 Å². The molecule has 0 fully saturated rings. The fourth-order valence-corrected chi connectivity index (χ4v) is 1.35. The quantitative estimate of drug-likeness (QED) is 0.601. The molecule has 2 aromatic rings. The van der Waals surface area contributed by atoms with Crippen molar-refractivity contribution in [2.45, 2.75) is 6.42 Å². The normalized spacial score (nSPS) is 9.78. The Morgan fingerprint density at radius 3 is 2.11 bits per heavy atom.